The van der Waals surface area contributed by atoms with Gasteiger partial charge in [-0.15, -0.1) is 0 Å². The highest BCUT2D eigenvalue weighted by Gasteiger charge is 2.28. The van der Waals surface area contributed by atoms with Gasteiger partial charge >= 0.3 is 0 Å². The molecule has 0 radical (unpaired) electrons. The number of rotatable bonds is 3. The van der Waals surface area contributed by atoms with Crippen LogP contribution in [0.4, 0.5) is 0 Å². The molecule has 0 bridgehead atoms. The van der Waals surface area contributed by atoms with Crippen LogP contribution in [0.25, 0.3) is 5.69 Å². The summed E-state index contributed by atoms with van der Waals surface area (Å²) < 4.78 is 1.90. The molecule has 20 heavy (non-hydrogen) atoms. The molecule has 1 aromatic carbocycles. The molecule has 1 saturated heterocycles. The maximum absolute atomic E-state index is 10.1. The van der Waals surface area contributed by atoms with Gasteiger partial charge in [0.1, 0.15) is 0 Å². The molecule has 1 aliphatic rings. The van der Waals surface area contributed by atoms with E-state index in [4.69, 9.17) is 0 Å². The minimum atomic E-state index is -0.555. The SMILES string of the molecule is CC1(O)CCCN(Cc2ccn(-c3ccccc3)n2)C1. The van der Waals surface area contributed by atoms with Gasteiger partial charge in [-0.2, -0.15) is 5.10 Å². The summed E-state index contributed by atoms with van der Waals surface area (Å²) in [7, 11) is 0. The number of β-amino-alcohol motifs (C(OH)–C–C–N with tert-alkyl or cyclic N) is 1. The molecule has 106 valence electrons. The fourth-order valence-electron chi connectivity index (χ4n) is 2.86. The van der Waals surface area contributed by atoms with Gasteiger partial charge in [-0.25, -0.2) is 4.68 Å². The number of likely N-dealkylation sites (tertiary alicyclic amines) is 1. The van der Waals surface area contributed by atoms with Gasteiger partial charge in [0.15, 0.2) is 0 Å². The molecule has 1 aromatic heterocycles. The van der Waals surface area contributed by atoms with E-state index >= 15 is 0 Å². The lowest BCUT2D eigenvalue weighted by atomic mass is 9.95. The molecular formula is C16H21N3O. The Labute approximate surface area is 119 Å². The maximum atomic E-state index is 10.1. The molecule has 1 fully saturated rings. The Balaban J connectivity index is 1.69. The predicted molar refractivity (Wildman–Crippen MR) is 78.7 cm³/mol. The van der Waals surface area contributed by atoms with Gasteiger partial charge < -0.3 is 5.11 Å². The molecular weight excluding hydrogens is 250 g/mol. The summed E-state index contributed by atoms with van der Waals surface area (Å²) in [6.07, 6.45) is 3.93. The van der Waals surface area contributed by atoms with E-state index in [9.17, 15) is 5.11 Å². The standard InChI is InChI=1S/C16H21N3O/c1-16(20)9-5-10-18(13-16)12-14-8-11-19(17-14)15-6-3-2-4-7-15/h2-4,6-8,11,20H,5,9-10,12-13H2,1H3. The van der Waals surface area contributed by atoms with Crippen molar-refractivity contribution in [1.29, 1.82) is 0 Å². The third kappa shape index (κ3) is 3.08. The third-order valence-corrected chi connectivity index (χ3v) is 3.80. The normalized spacial score (nSPS) is 23.9. The Hall–Kier alpha value is -1.65. The number of hydrogen-bond acceptors (Lipinski definition) is 3. The van der Waals surface area contributed by atoms with Crippen LogP contribution in [0.1, 0.15) is 25.5 Å². The second-order valence-electron chi connectivity index (χ2n) is 5.90. The zero-order valence-electron chi connectivity index (χ0n) is 11.9. The molecule has 2 aromatic rings. The first-order valence-electron chi connectivity index (χ1n) is 7.17. The first-order valence-corrected chi connectivity index (χ1v) is 7.17. The average molecular weight is 271 g/mol. The first-order chi connectivity index (χ1) is 9.62. The fraction of sp³-hybridized carbons (Fsp3) is 0.438. The highest BCUT2D eigenvalue weighted by Crippen LogP contribution is 2.21. The highest BCUT2D eigenvalue weighted by atomic mass is 16.3. The fourth-order valence-corrected chi connectivity index (χ4v) is 2.86. The van der Waals surface area contributed by atoms with E-state index in [1.807, 2.05) is 48.1 Å². The minimum Gasteiger partial charge on any atom is -0.389 e. The second-order valence-corrected chi connectivity index (χ2v) is 5.90. The van der Waals surface area contributed by atoms with Crippen molar-refractivity contribution in [1.82, 2.24) is 14.7 Å². The van der Waals surface area contributed by atoms with Gasteiger partial charge in [-0.05, 0) is 44.5 Å². The van der Waals surface area contributed by atoms with Crippen molar-refractivity contribution in [2.45, 2.75) is 31.9 Å². The summed E-state index contributed by atoms with van der Waals surface area (Å²) in [6.45, 7) is 4.48. The van der Waals surface area contributed by atoms with E-state index in [0.29, 0.717) is 0 Å². The molecule has 0 aliphatic carbocycles. The highest BCUT2D eigenvalue weighted by molar-refractivity contribution is 5.30. The van der Waals surface area contributed by atoms with E-state index in [1.165, 1.54) is 0 Å². The lowest BCUT2D eigenvalue weighted by Crippen LogP contribution is -2.45. The van der Waals surface area contributed by atoms with Crippen LogP contribution in [0, 0.1) is 0 Å². The molecule has 0 spiro atoms. The van der Waals surface area contributed by atoms with Crippen molar-refractivity contribution in [2.75, 3.05) is 13.1 Å². The summed E-state index contributed by atoms with van der Waals surface area (Å²) in [5.74, 6) is 0. The van der Waals surface area contributed by atoms with Gasteiger partial charge in [-0.3, -0.25) is 4.90 Å². The lowest BCUT2D eigenvalue weighted by molar-refractivity contribution is -0.0185. The molecule has 4 nitrogen and oxygen atoms in total. The van der Waals surface area contributed by atoms with Crippen LogP contribution in [0.5, 0.6) is 0 Å². The van der Waals surface area contributed by atoms with Gasteiger partial charge in [0.05, 0.1) is 17.0 Å². The maximum Gasteiger partial charge on any atom is 0.0769 e. The monoisotopic (exact) mass is 271 g/mol. The van der Waals surface area contributed by atoms with Crippen molar-refractivity contribution < 1.29 is 5.11 Å². The van der Waals surface area contributed by atoms with Crippen molar-refractivity contribution >= 4 is 0 Å². The summed E-state index contributed by atoms with van der Waals surface area (Å²) >= 11 is 0. The Kier molecular flexibility index (Phi) is 3.59. The molecule has 4 heteroatoms. The topological polar surface area (TPSA) is 41.3 Å². The van der Waals surface area contributed by atoms with E-state index in [1.54, 1.807) is 0 Å². The summed E-state index contributed by atoms with van der Waals surface area (Å²) in [5.41, 5.74) is 1.57. The molecule has 0 saturated carbocycles. The average Bonchev–Trinajstić information content (AvgIpc) is 2.87. The summed E-state index contributed by atoms with van der Waals surface area (Å²) in [4.78, 5) is 2.28. The number of benzene rings is 1. The number of hydrogen-bond donors (Lipinski definition) is 1. The number of nitrogens with zero attached hydrogens (tertiary/aromatic N) is 3. The van der Waals surface area contributed by atoms with Crippen molar-refractivity contribution in [3.63, 3.8) is 0 Å². The zero-order valence-corrected chi connectivity index (χ0v) is 11.9. The molecule has 2 heterocycles. The van der Waals surface area contributed by atoms with Crippen LogP contribution in [0.15, 0.2) is 42.6 Å². The summed E-state index contributed by atoms with van der Waals surface area (Å²) in [5, 5.41) is 14.8. The summed E-state index contributed by atoms with van der Waals surface area (Å²) in [6, 6.07) is 12.2. The Bertz CT molecular complexity index is 562. The van der Waals surface area contributed by atoms with E-state index in [-0.39, 0.29) is 0 Å². The largest absolute Gasteiger partial charge is 0.389 e. The number of piperidine rings is 1. The van der Waals surface area contributed by atoms with E-state index < -0.39 is 5.60 Å². The van der Waals surface area contributed by atoms with Gasteiger partial charge in [-0.1, -0.05) is 18.2 Å². The first kappa shape index (κ1) is 13.3. The molecule has 1 aliphatic heterocycles. The van der Waals surface area contributed by atoms with Crippen LogP contribution >= 0.6 is 0 Å². The van der Waals surface area contributed by atoms with Crippen LogP contribution < -0.4 is 0 Å². The van der Waals surface area contributed by atoms with Gasteiger partial charge in [0, 0.05) is 19.3 Å². The quantitative estimate of drug-likeness (QED) is 0.930. The Morgan fingerprint density at radius 3 is 2.80 bits per heavy atom. The Morgan fingerprint density at radius 1 is 1.25 bits per heavy atom. The second kappa shape index (κ2) is 5.38. The van der Waals surface area contributed by atoms with Crippen LogP contribution in [-0.4, -0.2) is 38.5 Å². The Morgan fingerprint density at radius 2 is 2.05 bits per heavy atom. The molecule has 0 amide bonds. The van der Waals surface area contributed by atoms with Crippen LogP contribution in [0.3, 0.4) is 0 Å². The minimum absolute atomic E-state index is 0.555. The van der Waals surface area contributed by atoms with Crippen molar-refractivity contribution in [3.05, 3.63) is 48.3 Å². The van der Waals surface area contributed by atoms with Crippen LogP contribution in [-0.2, 0) is 6.54 Å². The zero-order chi connectivity index (χ0) is 14.0. The van der Waals surface area contributed by atoms with Crippen LogP contribution in [0.2, 0.25) is 0 Å². The molecule has 1 atom stereocenters. The molecule has 1 unspecified atom stereocenters. The van der Waals surface area contributed by atoms with E-state index in [0.717, 1.165) is 43.9 Å². The van der Waals surface area contributed by atoms with E-state index in [2.05, 4.69) is 16.1 Å². The van der Waals surface area contributed by atoms with Gasteiger partial charge in [0.25, 0.3) is 0 Å². The number of aliphatic hydroxyl groups is 1. The lowest BCUT2D eigenvalue weighted by Gasteiger charge is -2.36. The molecule has 1 N–H and O–H groups in total. The smallest absolute Gasteiger partial charge is 0.0769 e. The van der Waals surface area contributed by atoms with Gasteiger partial charge in [0.2, 0.25) is 0 Å². The molecule has 3 rings (SSSR count). The number of para-hydroxylation sites is 1. The number of aromatic nitrogens is 2. The van der Waals surface area contributed by atoms with Crippen molar-refractivity contribution in [3.8, 4) is 5.69 Å². The van der Waals surface area contributed by atoms with Crippen molar-refractivity contribution in [2.24, 2.45) is 0 Å². The third-order valence-electron chi connectivity index (χ3n) is 3.80. The predicted octanol–water partition coefficient (Wildman–Crippen LogP) is 2.22.